The fourth-order valence-electron chi connectivity index (χ4n) is 3.16. The standard InChI is InChI=1S/C22H26N2O4/c1-13(2)16(22(25)14-6-7-18(24(3)4)17(23)9-14)8-15-10-20-21(28-12-27-20)11-19(15)26-5/h6-11,13H,12,23H2,1-5H3. The van der Waals surface area contributed by atoms with Gasteiger partial charge in [0.25, 0.3) is 0 Å². The molecule has 0 fully saturated rings. The minimum absolute atomic E-state index is 0.0115. The van der Waals surface area contributed by atoms with Crippen molar-refractivity contribution >= 4 is 23.2 Å². The van der Waals surface area contributed by atoms with Gasteiger partial charge >= 0.3 is 0 Å². The maximum Gasteiger partial charge on any atom is 0.231 e. The Morgan fingerprint density at radius 3 is 2.43 bits per heavy atom. The zero-order valence-electron chi connectivity index (χ0n) is 16.9. The SMILES string of the molecule is COc1cc2c(cc1C=C(C(=O)c1ccc(N(C)C)c(N)c1)C(C)C)OCO2. The van der Waals surface area contributed by atoms with Crippen LogP contribution in [-0.2, 0) is 0 Å². The second-order valence-electron chi connectivity index (χ2n) is 7.20. The van der Waals surface area contributed by atoms with E-state index in [2.05, 4.69) is 0 Å². The lowest BCUT2D eigenvalue weighted by atomic mass is 9.92. The van der Waals surface area contributed by atoms with Crippen LogP contribution in [0.25, 0.3) is 6.08 Å². The fourth-order valence-corrected chi connectivity index (χ4v) is 3.16. The molecule has 6 nitrogen and oxygen atoms in total. The van der Waals surface area contributed by atoms with Gasteiger partial charge in [-0.25, -0.2) is 0 Å². The van der Waals surface area contributed by atoms with Crippen LogP contribution in [0, 0.1) is 5.92 Å². The number of nitrogen functional groups attached to an aromatic ring is 1. The summed E-state index contributed by atoms with van der Waals surface area (Å²) in [5.41, 5.74) is 9.56. The number of fused-ring (bicyclic) bond motifs is 1. The molecule has 148 valence electrons. The summed E-state index contributed by atoms with van der Waals surface area (Å²) >= 11 is 0. The van der Waals surface area contributed by atoms with E-state index in [1.54, 1.807) is 25.3 Å². The van der Waals surface area contributed by atoms with E-state index >= 15 is 0 Å². The van der Waals surface area contributed by atoms with E-state index in [1.165, 1.54) is 0 Å². The lowest BCUT2D eigenvalue weighted by molar-refractivity contribution is 0.102. The van der Waals surface area contributed by atoms with Crippen molar-refractivity contribution in [3.8, 4) is 17.2 Å². The van der Waals surface area contributed by atoms with Gasteiger partial charge in [0.15, 0.2) is 17.3 Å². The van der Waals surface area contributed by atoms with Crippen LogP contribution in [0.5, 0.6) is 17.2 Å². The first-order valence-electron chi connectivity index (χ1n) is 9.12. The number of nitrogens with two attached hydrogens (primary N) is 1. The Labute approximate surface area is 165 Å². The van der Waals surface area contributed by atoms with E-state index < -0.39 is 0 Å². The van der Waals surface area contributed by atoms with E-state index in [1.807, 2.05) is 51.1 Å². The Kier molecular flexibility index (Phi) is 5.49. The Morgan fingerprint density at radius 1 is 1.18 bits per heavy atom. The molecule has 2 aromatic rings. The third-order valence-electron chi connectivity index (χ3n) is 4.69. The highest BCUT2D eigenvalue weighted by atomic mass is 16.7. The largest absolute Gasteiger partial charge is 0.496 e. The molecule has 6 heteroatoms. The van der Waals surface area contributed by atoms with E-state index in [0.717, 1.165) is 11.3 Å². The third kappa shape index (κ3) is 3.76. The first-order valence-corrected chi connectivity index (χ1v) is 9.12. The van der Waals surface area contributed by atoms with Gasteiger partial charge in [0.2, 0.25) is 6.79 Å². The molecule has 0 amide bonds. The maximum absolute atomic E-state index is 13.2. The van der Waals surface area contributed by atoms with Gasteiger partial charge in [-0.1, -0.05) is 13.8 Å². The van der Waals surface area contributed by atoms with Gasteiger partial charge in [0.05, 0.1) is 18.5 Å². The van der Waals surface area contributed by atoms with Gasteiger partial charge in [-0.05, 0) is 36.3 Å². The fraction of sp³-hybridized carbons (Fsp3) is 0.318. The molecule has 0 radical (unpaired) electrons. The monoisotopic (exact) mass is 382 g/mol. The number of hydrogen-bond acceptors (Lipinski definition) is 6. The number of ketones is 1. The number of allylic oxidation sites excluding steroid dienone is 1. The second-order valence-corrected chi connectivity index (χ2v) is 7.20. The van der Waals surface area contributed by atoms with E-state index in [-0.39, 0.29) is 18.5 Å². The summed E-state index contributed by atoms with van der Waals surface area (Å²) in [4.78, 5) is 15.1. The molecule has 2 N–H and O–H groups in total. The smallest absolute Gasteiger partial charge is 0.231 e. The summed E-state index contributed by atoms with van der Waals surface area (Å²) in [7, 11) is 5.42. The molecule has 2 aromatic carbocycles. The molecule has 0 unspecified atom stereocenters. The summed E-state index contributed by atoms with van der Waals surface area (Å²) in [5.74, 6) is 1.85. The van der Waals surface area contributed by atoms with Crippen molar-refractivity contribution in [2.45, 2.75) is 13.8 Å². The summed E-state index contributed by atoms with van der Waals surface area (Å²) in [6, 6.07) is 9.01. The molecule has 0 aromatic heterocycles. The molecule has 0 spiro atoms. The van der Waals surface area contributed by atoms with Crippen molar-refractivity contribution in [2.24, 2.45) is 5.92 Å². The van der Waals surface area contributed by atoms with Crippen LogP contribution in [0.2, 0.25) is 0 Å². The Morgan fingerprint density at radius 2 is 1.86 bits per heavy atom. The number of hydrogen-bond donors (Lipinski definition) is 1. The van der Waals surface area contributed by atoms with E-state index in [9.17, 15) is 4.79 Å². The summed E-state index contributed by atoms with van der Waals surface area (Å²) in [5, 5.41) is 0. The van der Waals surface area contributed by atoms with Crippen LogP contribution in [0.1, 0.15) is 29.8 Å². The van der Waals surface area contributed by atoms with Crippen molar-refractivity contribution in [1.29, 1.82) is 0 Å². The summed E-state index contributed by atoms with van der Waals surface area (Å²) in [6.45, 7) is 4.15. The van der Waals surface area contributed by atoms with Gasteiger partial charge in [-0.2, -0.15) is 0 Å². The zero-order chi connectivity index (χ0) is 20.4. The normalized spacial score (nSPS) is 13.0. The van der Waals surface area contributed by atoms with E-state index in [0.29, 0.717) is 34.1 Å². The van der Waals surface area contributed by atoms with Crippen molar-refractivity contribution in [3.63, 3.8) is 0 Å². The number of benzene rings is 2. The number of anilines is 2. The van der Waals surface area contributed by atoms with Crippen LogP contribution in [0.15, 0.2) is 35.9 Å². The van der Waals surface area contributed by atoms with Crippen molar-refractivity contribution in [1.82, 2.24) is 0 Å². The van der Waals surface area contributed by atoms with Crippen LogP contribution in [0.4, 0.5) is 11.4 Å². The lowest BCUT2D eigenvalue weighted by Gasteiger charge is -2.17. The van der Waals surface area contributed by atoms with Crippen LogP contribution < -0.4 is 24.8 Å². The number of Topliss-reactive ketones (excluding diaryl/α,β-unsaturated/α-hetero) is 1. The molecule has 1 aliphatic heterocycles. The molecule has 3 rings (SSSR count). The third-order valence-corrected chi connectivity index (χ3v) is 4.69. The zero-order valence-corrected chi connectivity index (χ0v) is 16.9. The number of methoxy groups -OCH3 is 1. The van der Waals surface area contributed by atoms with Crippen molar-refractivity contribution in [3.05, 3.63) is 47.0 Å². The molecule has 28 heavy (non-hydrogen) atoms. The van der Waals surface area contributed by atoms with Crippen LogP contribution in [-0.4, -0.2) is 33.8 Å². The average Bonchev–Trinajstić information content (AvgIpc) is 3.11. The quantitative estimate of drug-likeness (QED) is 0.463. The molecule has 0 saturated carbocycles. The molecular formula is C22H26N2O4. The van der Waals surface area contributed by atoms with E-state index in [4.69, 9.17) is 19.9 Å². The molecule has 0 saturated heterocycles. The summed E-state index contributed by atoms with van der Waals surface area (Å²) in [6.07, 6.45) is 1.85. The van der Waals surface area contributed by atoms with Crippen LogP contribution >= 0.6 is 0 Å². The molecule has 0 aliphatic carbocycles. The minimum Gasteiger partial charge on any atom is -0.496 e. The van der Waals surface area contributed by atoms with Gasteiger partial charge in [-0.3, -0.25) is 4.79 Å². The second kappa shape index (κ2) is 7.84. The predicted octanol–water partition coefficient (Wildman–Crippen LogP) is 3.99. The topological polar surface area (TPSA) is 74.0 Å². The average molecular weight is 382 g/mol. The molecule has 1 heterocycles. The van der Waals surface area contributed by atoms with Gasteiger partial charge in [0.1, 0.15) is 5.75 Å². The van der Waals surface area contributed by atoms with Gasteiger partial charge in [-0.15, -0.1) is 0 Å². The molecular weight excluding hydrogens is 356 g/mol. The lowest BCUT2D eigenvalue weighted by Crippen LogP contribution is -2.13. The summed E-state index contributed by atoms with van der Waals surface area (Å²) < 4.78 is 16.3. The Hall–Kier alpha value is -3.15. The predicted molar refractivity (Wildman–Crippen MR) is 111 cm³/mol. The van der Waals surface area contributed by atoms with Crippen molar-refractivity contribution < 1.29 is 19.0 Å². The van der Waals surface area contributed by atoms with Crippen LogP contribution in [0.3, 0.4) is 0 Å². The highest BCUT2D eigenvalue weighted by Crippen LogP contribution is 2.39. The Bertz CT molecular complexity index is 932. The number of rotatable bonds is 6. The highest BCUT2D eigenvalue weighted by molar-refractivity contribution is 6.12. The number of carbonyl (C=O) groups excluding carboxylic acids is 1. The Balaban J connectivity index is 2.02. The first-order chi connectivity index (χ1) is 13.3. The van der Waals surface area contributed by atoms with Gasteiger partial charge < -0.3 is 24.8 Å². The first kappa shape index (κ1) is 19.6. The van der Waals surface area contributed by atoms with Gasteiger partial charge in [0, 0.05) is 36.9 Å². The molecule has 0 bridgehead atoms. The van der Waals surface area contributed by atoms with Crippen molar-refractivity contribution in [2.75, 3.05) is 38.6 Å². The minimum atomic E-state index is -0.0632. The highest BCUT2D eigenvalue weighted by Gasteiger charge is 2.21. The molecule has 1 aliphatic rings. The molecule has 0 atom stereocenters. The number of carbonyl (C=O) groups is 1. The number of nitrogens with zero attached hydrogens (tertiary/aromatic N) is 1. The maximum atomic E-state index is 13.2. The number of ether oxygens (including phenoxy) is 3.